The predicted molar refractivity (Wildman–Crippen MR) is 93.1 cm³/mol. The fraction of sp³-hybridized carbons (Fsp3) is 0.375. The van der Waals surface area contributed by atoms with Crippen molar-refractivity contribution in [1.82, 2.24) is 5.32 Å². The number of hydrogen-bond donors (Lipinski definition) is 1. The Balaban J connectivity index is 2.41. The quantitative estimate of drug-likeness (QED) is 0.692. The molecule has 0 spiro atoms. The first-order valence-electron chi connectivity index (χ1n) is 6.78. The lowest BCUT2D eigenvalue weighted by Crippen LogP contribution is -2.23. The molecule has 0 aliphatic carbocycles. The molecular formula is C16H19BrClNS. The van der Waals surface area contributed by atoms with E-state index in [0.717, 1.165) is 22.5 Å². The third kappa shape index (κ3) is 3.64. The van der Waals surface area contributed by atoms with Crippen molar-refractivity contribution in [2.75, 3.05) is 6.54 Å². The Kier molecular flexibility index (Phi) is 5.67. The van der Waals surface area contributed by atoms with Gasteiger partial charge in [0.2, 0.25) is 0 Å². The number of rotatable bonds is 5. The van der Waals surface area contributed by atoms with Gasteiger partial charge in [0, 0.05) is 14.2 Å². The van der Waals surface area contributed by atoms with E-state index in [0.29, 0.717) is 0 Å². The van der Waals surface area contributed by atoms with Crippen LogP contribution in [-0.2, 0) is 0 Å². The van der Waals surface area contributed by atoms with Crippen molar-refractivity contribution >= 4 is 38.9 Å². The first-order valence-corrected chi connectivity index (χ1v) is 8.77. The second-order valence-electron chi connectivity index (χ2n) is 4.96. The lowest BCUT2D eigenvalue weighted by atomic mass is 10.0. The van der Waals surface area contributed by atoms with Crippen LogP contribution in [0.15, 0.2) is 28.7 Å². The highest BCUT2D eigenvalue weighted by molar-refractivity contribution is 9.10. The van der Waals surface area contributed by atoms with E-state index in [1.165, 1.54) is 20.9 Å². The molecule has 1 heterocycles. The number of benzene rings is 1. The van der Waals surface area contributed by atoms with Gasteiger partial charge in [-0.3, -0.25) is 0 Å². The van der Waals surface area contributed by atoms with Crippen molar-refractivity contribution in [3.8, 4) is 0 Å². The Labute approximate surface area is 138 Å². The summed E-state index contributed by atoms with van der Waals surface area (Å²) in [6.07, 6.45) is 1.12. The number of hydrogen-bond acceptors (Lipinski definition) is 2. The molecular weight excluding hydrogens is 354 g/mol. The summed E-state index contributed by atoms with van der Waals surface area (Å²) in [5, 5.41) is 4.40. The second-order valence-corrected chi connectivity index (χ2v) is 7.51. The smallest absolute Gasteiger partial charge is 0.0674 e. The fourth-order valence-electron chi connectivity index (χ4n) is 2.29. The van der Waals surface area contributed by atoms with E-state index < -0.39 is 0 Å². The molecule has 0 saturated heterocycles. The van der Waals surface area contributed by atoms with Gasteiger partial charge >= 0.3 is 0 Å². The second kappa shape index (κ2) is 7.08. The van der Waals surface area contributed by atoms with Crippen molar-refractivity contribution in [1.29, 1.82) is 0 Å². The first-order chi connectivity index (χ1) is 9.52. The van der Waals surface area contributed by atoms with Gasteiger partial charge in [0.25, 0.3) is 0 Å². The average Bonchev–Trinajstić information content (AvgIpc) is 2.73. The first kappa shape index (κ1) is 16.0. The van der Waals surface area contributed by atoms with Crippen LogP contribution in [0.3, 0.4) is 0 Å². The summed E-state index contributed by atoms with van der Waals surface area (Å²) in [5.41, 5.74) is 2.57. The highest BCUT2D eigenvalue weighted by atomic mass is 79.9. The third-order valence-corrected chi connectivity index (χ3v) is 5.67. The Hall–Kier alpha value is -0.350. The molecule has 1 atom stereocenters. The Bertz CT molecular complexity index is 594. The summed E-state index contributed by atoms with van der Waals surface area (Å²) < 4.78 is 0.941. The summed E-state index contributed by atoms with van der Waals surface area (Å²) in [7, 11) is 0. The molecule has 1 nitrogen and oxygen atoms in total. The highest BCUT2D eigenvalue weighted by Crippen LogP contribution is 2.34. The van der Waals surface area contributed by atoms with Gasteiger partial charge in [-0.15, -0.1) is 11.3 Å². The molecule has 4 heteroatoms. The molecule has 1 N–H and O–H groups in total. The zero-order valence-corrected chi connectivity index (χ0v) is 15.1. The molecule has 108 valence electrons. The molecule has 0 aliphatic heterocycles. The van der Waals surface area contributed by atoms with E-state index in [1.54, 1.807) is 0 Å². The van der Waals surface area contributed by atoms with Gasteiger partial charge in [0.05, 0.1) is 11.1 Å². The van der Waals surface area contributed by atoms with Crippen molar-refractivity contribution in [2.45, 2.75) is 33.2 Å². The topological polar surface area (TPSA) is 12.0 Å². The van der Waals surface area contributed by atoms with Gasteiger partial charge in [-0.1, -0.05) is 24.6 Å². The largest absolute Gasteiger partial charge is 0.306 e. The Morgan fingerprint density at radius 3 is 2.60 bits per heavy atom. The van der Waals surface area contributed by atoms with Gasteiger partial charge < -0.3 is 5.32 Å². The van der Waals surface area contributed by atoms with Gasteiger partial charge in [-0.2, -0.15) is 0 Å². The van der Waals surface area contributed by atoms with E-state index in [4.69, 9.17) is 11.6 Å². The molecule has 1 aromatic heterocycles. The van der Waals surface area contributed by atoms with Crippen LogP contribution >= 0.6 is 38.9 Å². The maximum Gasteiger partial charge on any atom is 0.0674 e. The minimum Gasteiger partial charge on any atom is -0.306 e. The van der Waals surface area contributed by atoms with E-state index in [9.17, 15) is 0 Å². The molecule has 1 unspecified atom stereocenters. The van der Waals surface area contributed by atoms with E-state index in [1.807, 2.05) is 23.5 Å². The number of aryl methyl sites for hydroxylation is 2. The monoisotopic (exact) mass is 371 g/mol. The van der Waals surface area contributed by atoms with Crippen LogP contribution in [0.1, 0.15) is 40.3 Å². The molecule has 2 rings (SSSR count). The molecule has 0 radical (unpaired) electrons. The maximum absolute atomic E-state index is 6.25. The SMILES string of the molecule is CCCNC(c1ccc(Br)c(Cl)c1)c1sc(C)cc1C. The molecule has 1 aromatic carbocycles. The summed E-state index contributed by atoms with van der Waals surface area (Å²) in [6.45, 7) is 7.52. The molecule has 20 heavy (non-hydrogen) atoms. The fourth-order valence-corrected chi connectivity index (χ4v) is 3.86. The Morgan fingerprint density at radius 2 is 2.05 bits per heavy atom. The van der Waals surface area contributed by atoms with E-state index >= 15 is 0 Å². The lowest BCUT2D eigenvalue weighted by molar-refractivity contribution is 0.604. The molecule has 0 amide bonds. The zero-order valence-electron chi connectivity index (χ0n) is 12.0. The highest BCUT2D eigenvalue weighted by Gasteiger charge is 2.18. The predicted octanol–water partition coefficient (Wildman–Crippen LogP) is 5.87. The van der Waals surface area contributed by atoms with Crippen molar-refractivity contribution in [3.63, 3.8) is 0 Å². The van der Waals surface area contributed by atoms with E-state index in [2.05, 4.69) is 54.2 Å². The standard InChI is InChI=1S/C16H19BrClNS/c1-4-7-19-15(16-10(2)8-11(3)20-16)12-5-6-13(17)14(18)9-12/h5-6,8-9,15,19H,4,7H2,1-3H3. The minimum absolute atomic E-state index is 0.222. The molecule has 2 aromatic rings. The van der Waals surface area contributed by atoms with Crippen LogP contribution in [0.25, 0.3) is 0 Å². The normalized spacial score (nSPS) is 12.7. The average molecular weight is 373 g/mol. The van der Waals surface area contributed by atoms with Crippen LogP contribution in [0.2, 0.25) is 5.02 Å². The molecule has 0 saturated carbocycles. The van der Waals surface area contributed by atoms with Gasteiger partial charge in [-0.05, 0) is 72.1 Å². The summed E-state index contributed by atoms with van der Waals surface area (Å²) >= 11 is 11.6. The zero-order chi connectivity index (χ0) is 14.7. The third-order valence-electron chi connectivity index (χ3n) is 3.22. The van der Waals surface area contributed by atoms with Crippen molar-refractivity contribution in [2.24, 2.45) is 0 Å². The molecule has 0 bridgehead atoms. The van der Waals surface area contributed by atoms with E-state index in [-0.39, 0.29) is 6.04 Å². The summed E-state index contributed by atoms with van der Waals surface area (Å²) in [4.78, 5) is 2.73. The summed E-state index contributed by atoms with van der Waals surface area (Å²) in [6, 6.07) is 8.68. The van der Waals surface area contributed by atoms with Crippen LogP contribution in [-0.4, -0.2) is 6.54 Å². The number of nitrogens with one attached hydrogen (secondary N) is 1. The van der Waals surface area contributed by atoms with Crippen LogP contribution in [0, 0.1) is 13.8 Å². The Morgan fingerprint density at radius 1 is 1.30 bits per heavy atom. The number of thiophene rings is 1. The minimum atomic E-state index is 0.222. The van der Waals surface area contributed by atoms with Gasteiger partial charge in [-0.25, -0.2) is 0 Å². The summed E-state index contributed by atoms with van der Waals surface area (Å²) in [5.74, 6) is 0. The lowest BCUT2D eigenvalue weighted by Gasteiger charge is -2.19. The van der Waals surface area contributed by atoms with Crippen molar-refractivity contribution in [3.05, 3.63) is 54.6 Å². The van der Waals surface area contributed by atoms with Crippen LogP contribution in [0.4, 0.5) is 0 Å². The van der Waals surface area contributed by atoms with Gasteiger partial charge in [0.15, 0.2) is 0 Å². The molecule has 0 aliphatic rings. The van der Waals surface area contributed by atoms with Crippen LogP contribution < -0.4 is 5.32 Å². The van der Waals surface area contributed by atoms with Crippen molar-refractivity contribution < 1.29 is 0 Å². The maximum atomic E-state index is 6.25. The van der Waals surface area contributed by atoms with Crippen LogP contribution in [0.5, 0.6) is 0 Å². The molecule has 0 fully saturated rings. The van der Waals surface area contributed by atoms with Gasteiger partial charge in [0.1, 0.15) is 0 Å². The number of halogens is 2.